The summed E-state index contributed by atoms with van der Waals surface area (Å²) < 4.78 is 0. The highest BCUT2D eigenvalue weighted by molar-refractivity contribution is 5.86. The van der Waals surface area contributed by atoms with E-state index < -0.39 is 0 Å². The van der Waals surface area contributed by atoms with E-state index in [4.69, 9.17) is 0 Å². The monoisotopic (exact) mass is 254 g/mol. The van der Waals surface area contributed by atoms with Crippen molar-refractivity contribution in [2.45, 2.75) is 73.6 Å². The molecule has 0 amide bonds. The molecule has 0 saturated heterocycles. The molecule has 106 valence electrons. The molecule has 0 aromatic carbocycles. The van der Waals surface area contributed by atoms with E-state index in [2.05, 4.69) is 20.8 Å². The van der Waals surface area contributed by atoms with Crippen molar-refractivity contribution in [2.24, 2.45) is 17.3 Å². The zero-order chi connectivity index (χ0) is 13.1. The topological polar surface area (TPSA) is 34.1 Å². The third-order valence-electron chi connectivity index (χ3n) is 4.77. The van der Waals surface area contributed by atoms with Crippen molar-refractivity contribution in [3.8, 4) is 0 Å². The molecule has 1 aliphatic carbocycles. The number of hydrogen-bond acceptors (Lipinski definition) is 2. The molecule has 1 saturated carbocycles. The third-order valence-corrected chi connectivity index (χ3v) is 4.77. The number of hydrogen-bond donors (Lipinski definition) is 0. The molecule has 2 nitrogen and oxygen atoms in total. The van der Waals surface area contributed by atoms with Gasteiger partial charge in [0.05, 0.1) is 0 Å². The number of carbonyl (C=O) groups is 2. The first-order valence-electron chi connectivity index (χ1n) is 6.95. The summed E-state index contributed by atoms with van der Waals surface area (Å²) in [5.41, 5.74) is -0.281. The summed E-state index contributed by atoms with van der Waals surface area (Å²) in [6.45, 7) is 7.97. The van der Waals surface area contributed by atoms with Gasteiger partial charge in [0.25, 0.3) is 0 Å². The fourth-order valence-corrected chi connectivity index (χ4v) is 3.42. The molecule has 1 aliphatic rings. The Morgan fingerprint density at radius 1 is 1.44 bits per heavy atom. The summed E-state index contributed by atoms with van der Waals surface area (Å²) in [6, 6.07) is 0. The van der Waals surface area contributed by atoms with Crippen LogP contribution in [0.5, 0.6) is 0 Å². The van der Waals surface area contributed by atoms with E-state index in [9.17, 15) is 9.59 Å². The van der Waals surface area contributed by atoms with Gasteiger partial charge in [-0.3, -0.25) is 4.79 Å². The Morgan fingerprint density at radius 3 is 2.56 bits per heavy atom. The maximum atomic E-state index is 12.4. The molecule has 0 bridgehead atoms. The maximum Gasteiger partial charge on any atom is 0.139 e. The lowest BCUT2D eigenvalue weighted by Gasteiger charge is -2.39. The average Bonchev–Trinajstić information content (AvgIpc) is 2.39. The molecule has 0 aliphatic heterocycles. The van der Waals surface area contributed by atoms with E-state index in [-0.39, 0.29) is 24.5 Å². The highest BCUT2D eigenvalue weighted by atomic mass is 16.1. The second-order valence-electron chi connectivity index (χ2n) is 5.86. The minimum Gasteiger partial charge on any atom is -0.300 e. The highest BCUT2D eigenvalue weighted by Crippen LogP contribution is 2.45. The van der Waals surface area contributed by atoms with E-state index in [0.717, 1.165) is 25.7 Å². The minimum atomic E-state index is -0.281. The Balaban J connectivity index is 0.00000289. The lowest BCUT2D eigenvalue weighted by atomic mass is 9.63. The van der Waals surface area contributed by atoms with Gasteiger partial charge in [-0.25, -0.2) is 0 Å². The van der Waals surface area contributed by atoms with Gasteiger partial charge in [0, 0.05) is 18.3 Å². The molecule has 0 N–H and O–H groups in total. The van der Waals surface area contributed by atoms with Crippen LogP contribution in [0.4, 0.5) is 0 Å². The number of Topliss-reactive ketones (excluding diaryl/α,β-unsaturated/α-hetero) is 2. The molecule has 0 aromatic rings. The second-order valence-corrected chi connectivity index (χ2v) is 5.86. The number of carbonyl (C=O) groups excluding carboxylic acids is 2. The van der Waals surface area contributed by atoms with Gasteiger partial charge >= 0.3 is 0 Å². The first kappa shape index (κ1) is 17.3. The Bertz CT molecular complexity index is 295. The quantitative estimate of drug-likeness (QED) is 0.696. The van der Waals surface area contributed by atoms with E-state index in [1.165, 1.54) is 0 Å². The highest BCUT2D eigenvalue weighted by Gasteiger charge is 2.44. The van der Waals surface area contributed by atoms with Gasteiger partial charge in [-0.2, -0.15) is 0 Å². The number of rotatable bonds is 4. The van der Waals surface area contributed by atoms with Gasteiger partial charge in [0.1, 0.15) is 11.6 Å². The molecule has 1 fully saturated rings. The van der Waals surface area contributed by atoms with Crippen molar-refractivity contribution in [2.75, 3.05) is 0 Å². The first-order chi connectivity index (χ1) is 7.92. The van der Waals surface area contributed by atoms with Crippen molar-refractivity contribution in [1.82, 2.24) is 0 Å². The Hall–Kier alpha value is -0.660. The summed E-state index contributed by atoms with van der Waals surface area (Å²) in [4.78, 5) is 23.7. The molecular formula is C16H30O2. The van der Waals surface area contributed by atoms with Crippen LogP contribution in [-0.4, -0.2) is 11.6 Å². The van der Waals surface area contributed by atoms with Crippen molar-refractivity contribution in [1.29, 1.82) is 0 Å². The van der Waals surface area contributed by atoms with E-state index in [0.29, 0.717) is 24.5 Å². The zero-order valence-electron chi connectivity index (χ0n) is 11.7. The molecule has 0 aromatic heterocycles. The minimum absolute atomic E-state index is 0. The van der Waals surface area contributed by atoms with Crippen molar-refractivity contribution in [3.63, 3.8) is 0 Å². The summed E-state index contributed by atoms with van der Waals surface area (Å²) in [7, 11) is 0. The molecule has 2 heteroatoms. The van der Waals surface area contributed by atoms with Crippen LogP contribution in [0.1, 0.15) is 73.6 Å². The van der Waals surface area contributed by atoms with Gasteiger partial charge in [-0.1, -0.05) is 41.0 Å². The van der Waals surface area contributed by atoms with Crippen LogP contribution in [0.25, 0.3) is 0 Å². The molecule has 0 radical (unpaired) electrons. The lowest BCUT2D eigenvalue weighted by Crippen LogP contribution is -2.41. The predicted molar refractivity (Wildman–Crippen MR) is 76.6 cm³/mol. The summed E-state index contributed by atoms with van der Waals surface area (Å²) in [5.74, 6) is 1.21. The van der Waals surface area contributed by atoms with Crippen LogP contribution in [0.2, 0.25) is 0 Å². The molecule has 18 heavy (non-hydrogen) atoms. The van der Waals surface area contributed by atoms with Gasteiger partial charge in [-0.15, -0.1) is 0 Å². The SMILES string of the molecule is C.CCC1CCCCC(=O)[C@]1(C)[C@H](C)CC(C)=O. The Kier molecular flexibility index (Phi) is 6.80. The summed E-state index contributed by atoms with van der Waals surface area (Å²) in [6.07, 6.45) is 5.61. The summed E-state index contributed by atoms with van der Waals surface area (Å²) >= 11 is 0. The fraction of sp³-hybridized carbons (Fsp3) is 0.875. The normalized spacial score (nSPS) is 30.2. The Morgan fingerprint density at radius 2 is 2.06 bits per heavy atom. The Labute approximate surface area is 113 Å². The smallest absolute Gasteiger partial charge is 0.139 e. The molecule has 1 rings (SSSR count). The van der Waals surface area contributed by atoms with Gasteiger partial charge in [0.15, 0.2) is 0 Å². The lowest BCUT2D eigenvalue weighted by molar-refractivity contribution is -0.135. The zero-order valence-corrected chi connectivity index (χ0v) is 11.7. The van der Waals surface area contributed by atoms with Gasteiger partial charge in [-0.05, 0) is 31.6 Å². The van der Waals surface area contributed by atoms with Crippen LogP contribution < -0.4 is 0 Å². The molecule has 0 spiro atoms. The van der Waals surface area contributed by atoms with Crippen LogP contribution in [-0.2, 0) is 9.59 Å². The van der Waals surface area contributed by atoms with Gasteiger partial charge < -0.3 is 4.79 Å². The largest absolute Gasteiger partial charge is 0.300 e. The van der Waals surface area contributed by atoms with Crippen LogP contribution in [0.15, 0.2) is 0 Å². The van der Waals surface area contributed by atoms with E-state index in [1.54, 1.807) is 6.92 Å². The maximum absolute atomic E-state index is 12.4. The predicted octanol–water partition coefficient (Wildman–Crippen LogP) is 4.41. The molecule has 0 heterocycles. The van der Waals surface area contributed by atoms with E-state index in [1.807, 2.05) is 0 Å². The number of ketones is 2. The molecule has 3 atom stereocenters. The first-order valence-corrected chi connectivity index (χ1v) is 6.95. The molecular weight excluding hydrogens is 224 g/mol. The standard InChI is InChI=1S/C15H26O2.CH4/c1-5-13-8-6-7-9-14(17)15(13,4)11(2)10-12(3)16;/h11,13H,5-10H2,1-4H3;1H4/t11-,13?,15-;/m1./s1. The van der Waals surface area contributed by atoms with Crippen molar-refractivity contribution >= 4 is 11.6 Å². The van der Waals surface area contributed by atoms with Crippen LogP contribution in [0, 0.1) is 17.3 Å². The average molecular weight is 254 g/mol. The van der Waals surface area contributed by atoms with Crippen LogP contribution >= 0.6 is 0 Å². The van der Waals surface area contributed by atoms with Crippen molar-refractivity contribution < 1.29 is 9.59 Å². The van der Waals surface area contributed by atoms with E-state index >= 15 is 0 Å². The molecule has 1 unspecified atom stereocenters. The third kappa shape index (κ3) is 3.43. The summed E-state index contributed by atoms with van der Waals surface area (Å²) in [5, 5.41) is 0. The van der Waals surface area contributed by atoms with Gasteiger partial charge in [0.2, 0.25) is 0 Å². The van der Waals surface area contributed by atoms with Crippen LogP contribution in [0.3, 0.4) is 0 Å². The fourth-order valence-electron chi connectivity index (χ4n) is 3.42. The second kappa shape index (κ2) is 7.06. The van der Waals surface area contributed by atoms with Crippen molar-refractivity contribution in [3.05, 3.63) is 0 Å².